The molecule has 0 radical (unpaired) electrons. The summed E-state index contributed by atoms with van der Waals surface area (Å²) in [6.07, 6.45) is 0. The van der Waals surface area contributed by atoms with E-state index in [1.807, 2.05) is 6.92 Å². The number of halogens is 2. The Morgan fingerprint density at radius 2 is 2.12 bits per heavy atom. The number of aliphatic hydroxyl groups is 1. The quantitative estimate of drug-likeness (QED) is 0.890. The molecular formula is C9H11BrClNO3S. The second-order valence-corrected chi connectivity index (χ2v) is 6.33. The average Bonchev–Trinajstić information content (AvgIpc) is 2.13. The summed E-state index contributed by atoms with van der Waals surface area (Å²) in [7, 11) is -3.53. The summed E-state index contributed by atoms with van der Waals surface area (Å²) in [5.74, 6) is -0.342. The van der Waals surface area contributed by atoms with Gasteiger partial charge in [0.05, 0.1) is 18.0 Å². The lowest BCUT2D eigenvalue weighted by Crippen LogP contribution is -2.19. The van der Waals surface area contributed by atoms with Gasteiger partial charge in [0, 0.05) is 9.50 Å². The van der Waals surface area contributed by atoms with Crippen molar-refractivity contribution in [1.29, 1.82) is 0 Å². The second-order valence-electron chi connectivity index (χ2n) is 3.23. The highest BCUT2D eigenvalue weighted by Crippen LogP contribution is 2.29. The Bertz CT molecular complexity index is 490. The van der Waals surface area contributed by atoms with Crippen LogP contribution < -0.4 is 4.72 Å². The van der Waals surface area contributed by atoms with Crippen molar-refractivity contribution < 1.29 is 13.5 Å². The van der Waals surface area contributed by atoms with Crippen LogP contribution >= 0.6 is 27.5 Å². The number of benzene rings is 1. The smallest absolute Gasteiger partial charge is 0.235 e. The van der Waals surface area contributed by atoms with Gasteiger partial charge in [-0.3, -0.25) is 4.72 Å². The highest BCUT2D eigenvalue weighted by molar-refractivity contribution is 9.10. The van der Waals surface area contributed by atoms with Crippen molar-refractivity contribution in [3.05, 3.63) is 27.2 Å². The maximum absolute atomic E-state index is 11.4. The molecule has 0 bridgehead atoms. The molecule has 0 fully saturated rings. The fourth-order valence-electron chi connectivity index (χ4n) is 1.06. The number of anilines is 1. The molecule has 1 aromatic carbocycles. The van der Waals surface area contributed by atoms with Gasteiger partial charge in [-0.05, 0) is 40.5 Å². The van der Waals surface area contributed by atoms with Crippen LogP contribution in [0.4, 0.5) is 5.69 Å². The predicted molar refractivity (Wildman–Crippen MR) is 68.4 cm³/mol. The topological polar surface area (TPSA) is 66.4 Å². The number of nitrogens with one attached hydrogen (secondary N) is 1. The third-order valence-corrected chi connectivity index (χ3v) is 4.19. The van der Waals surface area contributed by atoms with E-state index in [1.54, 1.807) is 6.07 Å². The summed E-state index contributed by atoms with van der Waals surface area (Å²) in [6, 6.07) is 3.25. The molecule has 0 atom stereocenters. The van der Waals surface area contributed by atoms with Crippen LogP contribution in [-0.2, 0) is 10.0 Å². The second kappa shape index (κ2) is 5.35. The van der Waals surface area contributed by atoms with Crippen LogP contribution in [0.3, 0.4) is 0 Å². The van der Waals surface area contributed by atoms with Gasteiger partial charge in [0.1, 0.15) is 0 Å². The van der Waals surface area contributed by atoms with Crippen LogP contribution in [0.2, 0.25) is 5.02 Å². The van der Waals surface area contributed by atoms with E-state index in [1.165, 1.54) is 6.07 Å². The van der Waals surface area contributed by atoms with Crippen LogP contribution in [0.25, 0.3) is 0 Å². The molecule has 0 aromatic heterocycles. The Kier molecular flexibility index (Phi) is 4.61. The zero-order valence-corrected chi connectivity index (χ0v) is 11.7. The molecule has 2 N–H and O–H groups in total. The minimum Gasteiger partial charge on any atom is -0.395 e. The molecule has 7 heteroatoms. The Hall–Kier alpha value is -0.300. The number of aliphatic hydroxyl groups excluding tert-OH is 1. The van der Waals surface area contributed by atoms with E-state index >= 15 is 0 Å². The fourth-order valence-corrected chi connectivity index (χ4v) is 2.76. The molecule has 0 saturated heterocycles. The highest BCUT2D eigenvalue weighted by atomic mass is 79.9. The van der Waals surface area contributed by atoms with Crippen molar-refractivity contribution in [2.45, 2.75) is 6.92 Å². The normalized spacial score (nSPS) is 11.5. The molecule has 0 aliphatic rings. The van der Waals surface area contributed by atoms with Gasteiger partial charge in [-0.15, -0.1) is 0 Å². The van der Waals surface area contributed by atoms with Crippen LogP contribution in [0.1, 0.15) is 5.56 Å². The Labute approximate surface area is 108 Å². The molecule has 16 heavy (non-hydrogen) atoms. The lowest BCUT2D eigenvalue weighted by atomic mass is 10.2. The van der Waals surface area contributed by atoms with Gasteiger partial charge in [0.2, 0.25) is 10.0 Å². The third-order valence-electron chi connectivity index (χ3n) is 1.87. The molecular weight excluding hydrogens is 318 g/mol. The van der Waals surface area contributed by atoms with Gasteiger partial charge in [-0.25, -0.2) is 8.42 Å². The first-order chi connectivity index (χ1) is 7.35. The molecule has 90 valence electrons. The summed E-state index contributed by atoms with van der Waals surface area (Å²) < 4.78 is 25.8. The van der Waals surface area contributed by atoms with Gasteiger partial charge < -0.3 is 5.11 Å². The van der Waals surface area contributed by atoms with E-state index < -0.39 is 16.6 Å². The van der Waals surface area contributed by atoms with Crippen molar-refractivity contribution in [3.63, 3.8) is 0 Å². The standard InChI is InChI=1S/C9H11BrClNO3S/c1-6-4-7(10)9(5-8(6)11)12-16(14,15)3-2-13/h4-5,12-13H,2-3H2,1H3. The monoisotopic (exact) mass is 327 g/mol. The Morgan fingerprint density at radius 3 is 2.69 bits per heavy atom. The molecule has 0 heterocycles. The largest absolute Gasteiger partial charge is 0.395 e. The van der Waals surface area contributed by atoms with Crippen molar-refractivity contribution >= 4 is 43.2 Å². The van der Waals surface area contributed by atoms with Crippen molar-refractivity contribution in [1.82, 2.24) is 0 Å². The number of rotatable bonds is 4. The average molecular weight is 329 g/mol. The molecule has 0 spiro atoms. The van der Waals surface area contributed by atoms with Gasteiger partial charge in [-0.2, -0.15) is 0 Å². The molecule has 1 aromatic rings. The van der Waals surface area contributed by atoms with Crippen molar-refractivity contribution in [3.8, 4) is 0 Å². The Morgan fingerprint density at radius 1 is 1.50 bits per heavy atom. The summed E-state index contributed by atoms with van der Waals surface area (Å²) in [5, 5.41) is 9.07. The lowest BCUT2D eigenvalue weighted by Gasteiger charge is -2.10. The van der Waals surface area contributed by atoms with Gasteiger partial charge in [-0.1, -0.05) is 11.6 Å². The van der Waals surface area contributed by atoms with Crippen LogP contribution in [0, 0.1) is 6.92 Å². The summed E-state index contributed by atoms with van der Waals surface area (Å²) in [5.41, 5.74) is 1.21. The third kappa shape index (κ3) is 3.62. The van der Waals surface area contributed by atoms with E-state index in [-0.39, 0.29) is 5.75 Å². The summed E-state index contributed by atoms with van der Waals surface area (Å²) >= 11 is 9.12. The summed E-state index contributed by atoms with van der Waals surface area (Å²) in [6.45, 7) is 1.39. The first-order valence-corrected chi connectivity index (χ1v) is 7.25. The number of sulfonamides is 1. The maximum Gasteiger partial charge on any atom is 0.235 e. The Balaban J connectivity index is 3.03. The van der Waals surface area contributed by atoms with Gasteiger partial charge in [0.25, 0.3) is 0 Å². The molecule has 1 rings (SSSR count). The maximum atomic E-state index is 11.4. The van der Waals surface area contributed by atoms with E-state index in [9.17, 15) is 8.42 Å². The van der Waals surface area contributed by atoms with Gasteiger partial charge in [0.15, 0.2) is 0 Å². The van der Waals surface area contributed by atoms with E-state index in [0.29, 0.717) is 15.2 Å². The van der Waals surface area contributed by atoms with Crippen LogP contribution in [0.5, 0.6) is 0 Å². The van der Waals surface area contributed by atoms with Crippen LogP contribution in [-0.4, -0.2) is 25.9 Å². The first-order valence-electron chi connectivity index (χ1n) is 4.43. The molecule has 0 aliphatic carbocycles. The number of hydrogen-bond acceptors (Lipinski definition) is 3. The van der Waals surface area contributed by atoms with Crippen molar-refractivity contribution in [2.75, 3.05) is 17.1 Å². The summed E-state index contributed by atoms with van der Waals surface area (Å²) in [4.78, 5) is 0. The molecule has 0 amide bonds. The van der Waals surface area contributed by atoms with Gasteiger partial charge >= 0.3 is 0 Å². The minimum absolute atomic E-state index is 0.342. The zero-order valence-electron chi connectivity index (χ0n) is 8.50. The molecule has 0 saturated carbocycles. The van der Waals surface area contributed by atoms with E-state index in [0.717, 1.165) is 5.56 Å². The van der Waals surface area contributed by atoms with Crippen LogP contribution in [0.15, 0.2) is 16.6 Å². The SMILES string of the molecule is Cc1cc(Br)c(NS(=O)(=O)CCO)cc1Cl. The lowest BCUT2D eigenvalue weighted by molar-refractivity contribution is 0.320. The fraction of sp³-hybridized carbons (Fsp3) is 0.333. The molecule has 0 aliphatic heterocycles. The zero-order chi connectivity index (χ0) is 12.3. The molecule has 4 nitrogen and oxygen atoms in total. The van der Waals surface area contributed by atoms with E-state index in [2.05, 4.69) is 20.7 Å². The highest BCUT2D eigenvalue weighted by Gasteiger charge is 2.12. The number of aryl methyl sites for hydroxylation is 1. The first kappa shape index (κ1) is 13.8. The van der Waals surface area contributed by atoms with Crippen molar-refractivity contribution in [2.24, 2.45) is 0 Å². The number of hydrogen-bond donors (Lipinski definition) is 2. The minimum atomic E-state index is -3.53. The van der Waals surface area contributed by atoms with E-state index in [4.69, 9.17) is 16.7 Å². The predicted octanol–water partition coefficient (Wildman–Crippen LogP) is 2.14. The molecule has 0 unspecified atom stereocenters.